The lowest BCUT2D eigenvalue weighted by atomic mass is 10.2. The Labute approximate surface area is 215 Å². The minimum absolute atomic E-state index is 0.134. The minimum Gasteiger partial charge on any atom is -0.368 e. The van der Waals surface area contributed by atoms with E-state index < -0.39 is 16.1 Å². The van der Waals surface area contributed by atoms with Crippen LogP contribution in [0, 0.1) is 0 Å². The van der Waals surface area contributed by atoms with Crippen molar-refractivity contribution < 1.29 is 13.2 Å². The number of thioether (sulfide) groups is 1. The summed E-state index contributed by atoms with van der Waals surface area (Å²) in [6.45, 7) is 6.21. The van der Waals surface area contributed by atoms with Crippen LogP contribution in [0.5, 0.6) is 0 Å². The molecule has 1 aromatic heterocycles. The van der Waals surface area contributed by atoms with Crippen molar-refractivity contribution in [1.29, 1.82) is 0 Å². The number of amides is 1. The van der Waals surface area contributed by atoms with Gasteiger partial charge < -0.3 is 11.1 Å². The van der Waals surface area contributed by atoms with Crippen LogP contribution in [0.15, 0.2) is 58.6 Å². The van der Waals surface area contributed by atoms with E-state index in [0.717, 1.165) is 5.56 Å². The molecule has 0 aliphatic carbocycles. The van der Waals surface area contributed by atoms with Crippen LogP contribution in [0.2, 0.25) is 5.02 Å². The molecular formula is C23H29ClN6O3S2. The topological polar surface area (TPSA) is 123 Å². The van der Waals surface area contributed by atoms with Crippen molar-refractivity contribution in [1.82, 2.24) is 19.1 Å². The highest BCUT2D eigenvalue weighted by molar-refractivity contribution is 7.98. The van der Waals surface area contributed by atoms with Gasteiger partial charge in [0.2, 0.25) is 21.9 Å². The number of nitrogens with two attached hydrogens (primary N) is 1. The van der Waals surface area contributed by atoms with E-state index in [9.17, 15) is 13.2 Å². The Morgan fingerprint density at radius 2 is 1.77 bits per heavy atom. The Morgan fingerprint density at radius 3 is 2.37 bits per heavy atom. The van der Waals surface area contributed by atoms with E-state index in [1.165, 1.54) is 28.2 Å². The number of carbonyl (C=O) groups is 1. The number of aromatic nitrogens is 3. The molecule has 1 atom stereocenters. The zero-order chi connectivity index (χ0) is 25.6. The van der Waals surface area contributed by atoms with Gasteiger partial charge in [-0.15, -0.1) is 10.2 Å². The monoisotopic (exact) mass is 536 g/mol. The standard InChI is InChI=1S/C23H29ClN6O3S2/c1-4-20(30-22(25)27-28-23(30)34-15-16-9-7-8-10-19(16)24)21(31)26-17-11-13-18(14-12-17)35(32,33)29(5-2)6-3/h7-14,20H,4-6,15H2,1-3H3,(H2,25,27)(H,26,31). The molecule has 0 radical (unpaired) electrons. The summed E-state index contributed by atoms with van der Waals surface area (Å²) < 4.78 is 28.4. The molecule has 12 heteroatoms. The van der Waals surface area contributed by atoms with Gasteiger partial charge in [0.1, 0.15) is 6.04 Å². The van der Waals surface area contributed by atoms with E-state index in [-0.39, 0.29) is 16.8 Å². The van der Waals surface area contributed by atoms with Crippen LogP contribution in [0.3, 0.4) is 0 Å². The number of nitrogen functional groups attached to an aromatic ring is 1. The van der Waals surface area contributed by atoms with Crippen molar-refractivity contribution in [2.24, 2.45) is 0 Å². The van der Waals surface area contributed by atoms with Gasteiger partial charge >= 0.3 is 0 Å². The van der Waals surface area contributed by atoms with Gasteiger partial charge in [-0.25, -0.2) is 8.42 Å². The lowest BCUT2D eigenvalue weighted by molar-refractivity contribution is -0.119. The number of anilines is 2. The molecule has 0 saturated heterocycles. The highest BCUT2D eigenvalue weighted by Gasteiger charge is 2.26. The quantitative estimate of drug-likeness (QED) is 0.347. The molecule has 1 amide bonds. The number of carbonyl (C=O) groups excluding carboxylic acids is 1. The van der Waals surface area contributed by atoms with Crippen LogP contribution in [-0.4, -0.2) is 46.5 Å². The summed E-state index contributed by atoms with van der Waals surface area (Å²) >= 11 is 7.64. The van der Waals surface area contributed by atoms with Gasteiger partial charge in [0.15, 0.2) is 5.16 Å². The van der Waals surface area contributed by atoms with E-state index >= 15 is 0 Å². The second kappa shape index (κ2) is 11.9. The lowest BCUT2D eigenvalue weighted by Crippen LogP contribution is -2.30. The largest absolute Gasteiger partial charge is 0.368 e. The number of nitrogens with one attached hydrogen (secondary N) is 1. The fourth-order valence-electron chi connectivity index (χ4n) is 3.57. The van der Waals surface area contributed by atoms with Crippen LogP contribution < -0.4 is 11.1 Å². The first kappa shape index (κ1) is 27.0. The summed E-state index contributed by atoms with van der Waals surface area (Å²) in [4.78, 5) is 13.3. The predicted molar refractivity (Wildman–Crippen MR) is 140 cm³/mol. The third-order valence-electron chi connectivity index (χ3n) is 5.47. The molecule has 0 fully saturated rings. The van der Waals surface area contributed by atoms with Crippen molar-refractivity contribution in [2.45, 2.75) is 49.0 Å². The number of rotatable bonds is 11. The molecule has 1 heterocycles. The normalized spacial score (nSPS) is 12.6. The maximum absolute atomic E-state index is 13.2. The van der Waals surface area contributed by atoms with Gasteiger partial charge in [-0.05, 0) is 42.3 Å². The first-order valence-electron chi connectivity index (χ1n) is 11.2. The van der Waals surface area contributed by atoms with Crippen LogP contribution in [-0.2, 0) is 20.6 Å². The highest BCUT2D eigenvalue weighted by Crippen LogP contribution is 2.30. The molecule has 1 unspecified atom stereocenters. The fourth-order valence-corrected chi connectivity index (χ4v) is 6.31. The summed E-state index contributed by atoms with van der Waals surface area (Å²) in [6, 6.07) is 13.0. The van der Waals surface area contributed by atoms with Crippen molar-refractivity contribution in [3.63, 3.8) is 0 Å². The molecule has 2 aromatic carbocycles. The van der Waals surface area contributed by atoms with Gasteiger partial charge in [-0.1, -0.05) is 62.3 Å². The fraction of sp³-hybridized carbons (Fsp3) is 0.348. The SMILES string of the molecule is CCC(C(=O)Nc1ccc(S(=O)(=O)N(CC)CC)cc1)n1c(N)nnc1SCc1ccccc1Cl. The predicted octanol–water partition coefficient (Wildman–Crippen LogP) is 4.43. The minimum atomic E-state index is -3.58. The molecule has 3 rings (SSSR count). The number of nitrogens with zero attached hydrogens (tertiary/aromatic N) is 4. The zero-order valence-corrected chi connectivity index (χ0v) is 22.2. The maximum atomic E-state index is 13.2. The number of sulfonamides is 1. The van der Waals surface area contributed by atoms with E-state index in [4.69, 9.17) is 17.3 Å². The van der Waals surface area contributed by atoms with E-state index in [2.05, 4.69) is 15.5 Å². The number of hydrogen-bond acceptors (Lipinski definition) is 7. The van der Waals surface area contributed by atoms with Crippen molar-refractivity contribution >= 4 is 50.9 Å². The Bertz CT molecular complexity index is 1260. The molecule has 0 aliphatic heterocycles. The maximum Gasteiger partial charge on any atom is 0.247 e. The van der Waals surface area contributed by atoms with Gasteiger partial charge in [0, 0.05) is 29.6 Å². The van der Waals surface area contributed by atoms with E-state index in [1.54, 1.807) is 30.5 Å². The van der Waals surface area contributed by atoms with Crippen LogP contribution in [0.4, 0.5) is 11.6 Å². The van der Waals surface area contributed by atoms with Gasteiger partial charge in [-0.2, -0.15) is 4.31 Å². The molecule has 35 heavy (non-hydrogen) atoms. The van der Waals surface area contributed by atoms with Crippen LogP contribution in [0.25, 0.3) is 0 Å². The lowest BCUT2D eigenvalue weighted by Gasteiger charge is -2.20. The Hall–Kier alpha value is -2.60. The van der Waals surface area contributed by atoms with Crippen LogP contribution >= 0.6 is 23.4 Å². The molecule has 0 saturated carbocycles. The highest BCUT2D eigenvalue weighted by atomic mass is 35.5. The molecule has 0 bridgehead atoms. The molecule has 3 N–H and O–H groups in total. The summed E-state index contributed by atoms with van der Waals surface area (Å²) in [5.41, 5.74) is 7.48. The summed E-state index contributed by atoms with van der Waals surface area (Å²) in [7, 11) is -3.58. The van der Waals surface area contributed by atoms with E-state index in [0.29, 0.717) is 41.1 Å². The van der Waals surface area contributed by atoms with Crippen molar-refractivity contribution in [3.8, 4) is 0 Å². The first-order valence-corrected chi connectivity index (χ1v) is 14.0. The van der Waals surface area contributed by atoms with E-state index in [1.807, 2.05) is 31.2 Å². The molecule has 0 aliphatic rings. The van der Waals surface area contributed by atoms with Gasteiger partial charge in [-0.3, -0.25) is 9.36 Å². The Balaban J connectivity index is 1.76. The summed E-state index contributed by atoms with van der Waals surface area (Å²) in [5, 5.41) is 12.1. The summed E-state index contributed by atoms with van der Waals surface area (Å²) in [5.74, 6) is 0.366. The molecule has 0 spiro atoms. The Kier molecular flexibility index (Phi) is 9.17. The zero-order valence-electron chi connectivity index (χ0n) is 19.8. The third-order valence-corrected chi connectivity index (χ3v) is 8.90. The third kappa shape index (κ3) is 6.16. The second-order valence-electron chi connectivity index (χ2n) is 7.62. The Morgan fingerprint density at radius 1 is 1.11 bits per heavy atom. The average molecular weight is 537 g/mol. The van der Waals surface area contributed by atoms with Gasteiger partial charge in [0.25, 0.3) is 0 Å². The molecule has 3 aromatic rings. The number of benzene rings is 2. The first-order chi connectivity index (χ1) is 16.7. The molecular weight excluding hydrogens is 508 g/mol. The molecule has 188 valence electrons. The summed E-state index contributed by atoms with van der Waals surface area (Å²) in [6.07, 6.45) is 0.447. The molecule has 9 nitrogen and oxygen atoms in total. The van der Waals surface area contributed by atoms with Crippen molar-refractivity contribution in [2.75, 3.05) is 24.1 Å². The van der Waals surface area contributed by atoms with Gasteiger partial charge in [0.05, 0.1) is 4.90 Å². The smallest absolute Gasteiger partial charge is 0.247 e. The van der Waals surface area contributed by atoms with Crippen molar-refractivity contribution in [3.05, 3.63) is 59.1 Å². The van der Waals surface area contributed by atoms with Crippen LogP contribution in [0.1, 0.15) is 38.8 Å². The number of halogens is 1. The second-order valence-corrected chi connectivity index (χ2v) is 10.9. The average Bonchev–Trinajstić information content (AvgIpc) is 3.20. The number of hydrogen-bond donors (Lipinski definition) is 2.